The zero-order valence-corrected chi connectivity index (χ0v) is 15.1. The summed E-state index contributed by atoms with van der Waals surface area (Å²) in [6.07, 6.45) is 9.16. The maximum absolute atomic E-state index is 12.1. The molecule has 1 amide bonds. The Bertz CT molecular complexity index is 551. The molecule has 0 radical (unpaired) electrons. The lowest BCUT2D eigenvalue weighted by molar-refractivity contribution is -0.132. The Hall–Kier alpha value is -1.98. The summed E-state index contributed by atoms with van der Waals surface area (Å²) in [7, 11) is 1.72. The van der Waals surface area contributed by atoms with E-state index in [1.54, 1.807) is 18.1 Å². The van der Waals surface area contributed by atoms with Gasteiger partial charge in [-0.05, 0) is 6.42 Å². The van der Waals surface area contributed by atoms with Crippen LogP contribution in [0.2, 0.25) is 0 Å². The molecule has 0 N–H and O–H groups in total. The number of Topliss-reactive ketones (excluding diaryl/α,β-unsaturated/α-hetero) is 1. The molecule has 0 fully saturated rings. The van der Waals surface area contributed by atoms with Crippen LogP contribution >= 0.6 is 0 Å². The molecule has 0 bridgehead atoms. The van der Waals surface area contributed by atoms with Crippen LogP contribution in [0.4, 0.5) is 0 Å². The average Bonchev–Trinajstić information content (AvgIpc) is 3.03. The first-order valence-corrected chi connectivity index (χ1v) is 8.73. The molecular formula is C18H29N3O3. The lowest BCUT2D eigenvalue weighted by Gasteiger charge is -2.17. The Balaban J connectivity index is 2.28. The monoisotopic (exact) mass is 335 g/mol. The molecule has 24 heavy (non-hydrogen) atoms. The van der Waals surface area contributed by atoms with Gasteiger partial charge in [0.05, 0.1) is 0 Å². The van der Waals surface area contributed by atoms with E-state index in [9.17, 15) is 14.4 Å². The minimum atomic E-state index is -0.0925. The number of nitrogens with zero attached hydrogens (tertiary/aromatic N) is 3. The molecule has 0 atom stereocenters. The van der Waals surface area contributed by atoms with Crippen molar-refractivity contribution in [3.8, 4) is 0 Å². The Morgan fingerprint density at radius 3 is 2.54 bits per heavy atom. The molecule has 0 saturated carbocycles. The van der Waals surface area contributed by atoms with Crippen LogP contribution in [0, 0.1) is 0 Å². The molecule has 0 aliphatic heterocycles. The van der Waals surface area contributed by atoms with Gasteiger partial charge in [-0.25, -0.2) is 4.98 Å². The smallest absolute Gasteiger partial charge is 0.228 e. The average molecular weight is 335 g/mol. The summed E-state index contributed by atoms with van der Waals surface area (Å²) >= 11 is 0. The van der Waals surface area contributed by atoms with E-state index in [2.05, 4.69) is 11.9 Å². The number of carbonyl (C=O) groups is 3. The molecule has 0 saturated heterocycles. The van der Waals surface area contributed by atoms with Crippen molar-refractivity contribution in [1.29, 1.82) is 0 Å². The molecule has 134 valence electrons. The second kappa shape index (κ2) is 10.7. The van der Waals surface area contributed by atoms with Crippen molar-refractivity contribution in [3.05, 3.63) is 18.2 Å². The summed E-state index contributed by atoms with van der Waals surface area (Å²) in [6.45, 7) is 4.12. The van der Waals surface area contributed by atoms with Crippen molar-refractivity contribution < 1.29 is 14.4 Å². The predicted molar refractivity (Wildman–Crippen MR) is 92.9 cm³/mol. The van der Waals surface area contributed by atoms with Gasteiger partial charge in [-0.1, -0.05) is 26.2 Å². The Morgan fingerprint density at radius 2 is 1.88 bits per heavy atom. The van der Waals surface area contributed by atoms with E-state index >= 15 is 0 Å². The van der Waals surface area contributed by atoms with Crippen LogP contribution in [-0.4, -0.2) is 45.6 Å². The number of imidazole rings is 1. The Labute approximate surface area is 144 Å². The molecule has 0 aliphatic carbocycles. The molecule has 6 heteroatoms. The van der Waals surface area contributed by atoms with E-state index in [1.807, 2.05) is 0 Å². The van der Waals surface area contributed by atoms with E-state index in [4.69, 9.17) is 0 Å². The first-order chi connectivity index (χ1) is 11.5. The van der Waals surface area contributed by atoms with E-state index in [1.165, 1.54) is 17.8 Å². The van der Waals surface area contributed by atoms with Crippen LogP contribution in [0.15, 0.2) is 12.5 Å². The van der Waals surface area contributed by atoms with E-state index in [0.717, 1.165) is 31.4 Å². The first kappa shape index (κ1) is 20.1. The number of amides is 1. The van der Waals surface area contributed by atoms with Gasteiger partial charge in [-0.15, -0.1) is 0 Å². The normalized spacial score (nSPS) is 10.6. The summed E-state index contributed by atoms with van der Waals surface area (Å²) in [5, 5.41) is 0. The quantitative estimate of drug-likeness (QED) is 0.583. The van der Waals surface area contributed by atoms with Gasteiger partial charge >= 0.3 is 0 Å². The second-order valence-electron chi connectivity index (χ2n) is 6.19. The number of aromatic nitrogens is 2. The van der Waals surface area contributed by atoms with Crippen LogP contribution in [-0.2, 0) is 16.0 Å². The lowest BCUT2D eigenvalue weighted by atomic mass is 10.1. The summed E-state index contributed by atoms with van der Waals surface area (Å²) in [6, 6.07) is 0. The van der Waals surface area contributed by atoms with E-state index < -0.39 is 0 Å². The maximum atomic E-state index is 12.1. The third kappa shape index (κ3) is 7.06. The molecule has 1 aromatic heterocycles. The molecular weight excluding hydrogens is 306 g/mol. The van der Waals surface area contributed by atoms with Crippen LogP contribution in [0.25, 0.3) is 0 Å². The second-order valence-corrected chi connectivity index (χ2v) is 6.19. The number of ketones is 1. The van der Waals surface area contributed by atoms with Gasteiger partial charge in [0.15, 0.2) is 0 Å². The molecule has 6 nitrogen and oxygen atoms in total. The highest BCUT2D eigenvalue weighted by molar-refractivity contribution is 5.84. The SMILES string of the molecule is CCCCCCC(=O)CCC(=O)N(C)CCc1cncn1C(C)=O. The number of hydrogen-bond donors (Lipinski definition) is 0. The fraction of sp³-hybridized carbons (Fsp3) is 0.667. The third-order valence-corrected chi connectivity index (χ3v) is 4.11. The highest BCUT2D eigenvalue weighted by atomic mass is 16.2. The van der Waals surface area contributed by atoms with Crippen molar-refractivity contribution in [3.63, 3.8) is 0 Å². The fourth-order valence-electron chi connectivity index (χ4n) is 2.51. The van der Waals surface area contributed by atoms with E-state index in [-0.39, 0.29) is 24.0 Å². The largest absolute Gasteiger partial charge is 0.345 e. The maximum Gasteiger partial charge on any atom is 0.228 e. The minimum absolute atomic E-state index is 0.0363. The van der Waals surface area contributed by atoms with Gasteiger partial charge in [-0.2, -0.15) is 0 Å². The molecule has 0 aliphatic rings. The highest BCUT2D eigenvalue weighted by Crippen LogP contribution is 2.07. The van der Waals surface area contributed by atoms with Crippen molar-refractivity contribution in [2.45, 2.75) is 65.2 Å². The van der Waals surface area contributed by atoms with Crippen LogP contribution < -0.4 is 0 Å². The highest BCUT2D eigenvalue weighted by Gasteiger charge is 2.13. The van der Waals surface area contributed by atoms with Gasteiger partial charge in [0.25, 0.3) is 0 Å². The number of rotatable bonds is 11. The van der Waals surface area contributed by atoms with Crippen LogP contribution in [0.5, 0.6) is 0 Å². The van der Waals surface area contributed by atoms with Crippen molar-refractivity contribution in [2.24, 2.45) is 0 Å². The summed E-state index contributed by atoms with van der Waals surface area (Å²) in [5.74, 6) is 0.0402. The zero-order valence-electron chi connectivity index (χ0n) is 15.1. The molecule has 1 rings (SSSR count). The predicted octanol–water partition coefficient (Wildman–Crippen LogP) is 2.86. The number of unbranched alkanes of at least 4 members (excludes halogenated alkanes) is 3. The van der Waals surface area contributed by atoms with Gasteiger partial charge in [0.1, 0.15) is 12.1 Å². The van der Waals surface area contributed by atoms with Crippen LogP contribution in [0.1, 0.15) is 69.3 Å². The number of likely N-dealkylation sites (N-methyl/N-ethyl adjacent to an activating group) is 1. The fourth-order valence-corrected chi connectivity index (χ4v) is 2.51. The topological polar surface area (TPSA) is 72.3 Å². The molecule has 0 aromatic carbocycles. The zero-order chi connectivity index (χ0) is 17.9. The first-order valence-electron chi connectivity index (χ1n) is 8.73. The number of hydrogen-bond acceptors (Lipinski definition) is 4. The van der Waals surface area contributed by atoms with Crippen molar-refractivity contribution >= 4 is 17.6 Å². The van der Waals surface area contributed by atoms with Gasteiger partial charge in [-0.3, -0.25) is 19.0 Å². The third-order valence-electron chi connectivity index (χ3n) is 4.11. The standard InChI is InChI=1S/C18H29N3O3/c1-4-5-6-7-8-17(23)9-10-18(24)20(3)12-11-16-13-19-14-21(16)15(2)22/h13-14H,4-12H2,1-3H3. The summed E-state index contributed by atoms with van der Waals surface area (Å²) in [5.41, 5.74) is 0.786. The Kier molecular flexibility index (Phi) is 8.97. The molecule has 0 spiro atoms. The van der Waals surface area contributed by atoms with Crippen molar-refractivity contribution in [2.75, 3.05) is 13.6 Å². The summed E-state index contributed by atoms with van der Waals surface area (Å²) in [4.78, 5) is 40.9. The van der Waals surface area contributed by atoms with E-state index in [0.29, 0.717) is 25.8 Å². The Morgan fingerprint density at radius 1 is 1.12 bits per heavy atom. The molecule has 0 unspecified atom stereocenters. The van der Waals surface area contributed by atoms with Gasteiger partial charge in [0, 0.05) is 58.1 Å². The van der Waals surface area contributed by atoms with Gasteiger partial charge < -0.3 is 4.90 Å². The minimum Gasteiger partial charge on any atom is -0.345 e. The van der Waals surface area contributed by atoms with Crippen molar-refractivity contribution in [1.82, 2.24) is 14.5 Å². The number of carbonyl (C=O) groups excluding carboxylic acids is 3. The van der Waals surface area contributed by atoms with Crippen LogP contribution in [0.3, 0.4) is 0 Å². The molecule has 1 aromatic rings. The lowest BCUT2D eigenvalue weighted by Crippen LogP contribution is -2.29. The van der Waals surface area contributed by atoms with Gasteiger partial charge in [0.2, 0.25) is 11.8 Å². The summed E-state index contributed by atoms with van der Waals surface area (Å²) < 4.78 is 1.48. The molecule has 1 heterocycles.